The van der Waals surface area contributed by atoms with Crippen LogP contribution in [-0.2, 0) is 10.8 Å². The molecule has 2 nitrogen and oxygen atoms in total. The lowest BCUT2D eigenvalue weighted by Gasteiger charge is -2.30. The van der Waals surface area contributed by atoms with Crippen molar-refractivity contribution in [3.63, 3.8) is 0 Å². The predicted octanol–water partition coefficient (Wildman–Crippen LogP) is 12.0. The smallest absolute Gasteiger partial charge is 0.123 e. The molecule has 0 saturated heterocycles. The van der Waals surface area contributed by atoms with E-state index in [0.717, 1.165) is 28.4 Å². The second kappa shape index (κ2) is 10.4. The maximum atomic E-state index is 13.6. The van der Waals surface area contributed by atoms with E-state index in [2.05, 4.69) is 148 Å². The molecule has 0 aliphatic heterocycles. The summed E-state index contributed by atoms with van der Waals surface area (Å²) >= 11 is 0. The number of halogens is 1. The molecule has 0 aromatic heterocycles. The second-order valence-corrected chi connectivity index (χ2v) is 14.2. The van der Waals surface area contributed by atoms with Gasteiger partial charge in [0.1, 0.15) is 5.82 Å². The number of benzene rings is 6. The number of para-hydroxylation sites is 1. The van der Waals surface area contributed by atoms with Gasteiger partial charge in [0.05, 0.1) is 0 Å². The fourth-order valence-corrected chi connectivity index (χ4v) is 7.88. The first-order chi connectivity index (χ1) is 22.5. The minimum Gasteiger partial charge on any atom is -0.345 e. The zero-order chi connectivity index (χ0) is 32.7. The van der Waals surface area contributed by atoms with E-state index in [0.29, 0.717) is 0 Å². The molecule has 0 unspecified atom stereocenters. The van der Waals surface area contributed by atoms with Crippen LogP contribution < -0.4 is 9.80 Å². The molecule has 0 atom stereocenters. The van der Waals surface area contributed by atoms with Crippen molar-refractivity contribution in [1.82, 2.24) is 0 Å². The van der Waals surface area contributed by atoms with Crippen molar-refractivity contribution >= 4 is 28.4 Å². The van der Waals surface area contributed by atoms with Crippen molar-refractivity contribution in [2.45, 2.75) is 45.4 Å². The normalized spacial score (nSPS) is 14.6. The minimum atomic E-state index is -0.225. The molecular weight excluding hydrogens is 575 g/mol. The fourth-order valence-electron chi connectivity index (χ4n) is 7.88. The van der Waals surface area contributed by atoms with Crippen LogP contribution in [0, 0.1) is 12.7 Å². The van der Waals surface area contributed by atoms with E-state index in [-0.39, 0.29) is 16.6 Å². The Hall–Kier alpha value is -5.15. The van der Waals surface area contributed by atoms with Gasteiger partial charge >= 0.3 is 0 Å². The van der Waals surface area contributed by atoms with Gasteiger partial charge in [0.15, 0.2) is 0 Å². The van der Waals surface area contributed by atoms with Gasteiger partial charge in [0.25, 0.3) is 0 Å². The molecular formula is C44H39FN2. The summed E-state index contributed by atoms with van der Waals surface area (Å²) in [6, 6.07) is 44.9. The Balaban J connectivity index is 1.22. The largest absolute Gasteiger partial charge is 0.345 e. The summed E-state index contributed by atoms with van der Waals surface area (Å²) in [5.41, 5.74) is 17.1. The summed E-state index contributed by atoms with van der Waals surface area (Å²) < 4.78 is 13.6. The highest BCUT2D eigenvalue weighted by Crippen LogP contribution is 2.53. The Bertz CT molecular complexity index is 2180. The summed E-state index contributed by atoms with van der Waals surface area (Å²) in [6.07, 6.45) is 0. The highest BCUT2D eigenvalue weighted by Gasteiger charge is 2.38. The van der Waals surface area contributed by atoms with E-state index in [4.69, 9.17) is 0 Å². The number of fused-ring (bicyclic) bond motifs is 6. The monoisotopic (exact) mass is 614 g/mol. The topological polar surface area (TPSA) is 6.48 Å². The Morgan fingerprint density at radius 2 is 0.872 bits per heavy atom. The second-order valence-electron chi connectivity index (χ2n) is 14.2. The van der Waals surface area contributed by atoms with Crippen molar-refractivity contribution in [1.29, 1.82) is 0 Å². The molecule has 3 heteroatoms. The molecule has 2 aliphatic carbocycles. The predicted molar refractivity (Wildman–Crippen MR) is 195 cm³/mol. The molecule has 6 aromatic carbocycles. The first-order valence-corrected chi connectivity index (χ1v) is 16.4. The highest BCUT2D eigenvalue weighted by atomic mass is 19.1. The third kappa shape index (κ3) is 4.52. The van der Waals surface area contributed by atoms with Crippen LogP contribution in [0.25, 0.3) is 22.3 Å². The first-order valence-electron chi connectivity index (χ1n) is 16.4. The number of hydrogen-bond donors (Lipinski definition) is 0. The van der Waals surface area contributed by atoms with Crippen LogP contribution in [-0.4, -0.2) is 7.05 Å². The van der Waals surface area contributed by atoms with Crippen molar-refractivity contribution < 1.29 is 4.39 Å². The standard InChI is InChI=1S/C44H39FN2/c1-28-12-20-35-37-22-18-33(26-41(37)43(2,3)39(35)24-28)47(31-10-8-7-9-11-31)34-19-23-38-36-21-17-32(25-40(36)44(4,5)42(38)27-34)46(6)30-15-13-29(45)14-16-30/h7-27H,1-6H3. The Morgan fingerprint density at radius 1 is 0.447 bits per heavy atom. The number of rotatable bonds is 5. The molecule has 0 heterocycles. The van der Waals surface area contributed by atoms with E-state index in [1.54, 1.807) is 0 Å². The number of anilines is 5. The Labute approximate surface area is 277 Å². The number of nitrogens with zero attached hydrogens (tertiary/aromatic N) is 2. The van der Waals surface area contributed by atoms with Crippen LogP contribution in [0.1, 0.15) is 55.5 Å². The molecule has 0 fully saturated rings. The zero-order valence-electron chi connectivity index (χ0n) is 27.9. The number of aryl methyl sites for hydroxylation is 1. The Morgan fingerprint density at radius 3 is 1.40 bits per heavy atom. The van der Waals surface area contributed by atoms with Gasteiger partial charge in [-0.15, -0.1) is 0 Å². The molecule has 0 N–H and O–H groups in total. The Kier molecular flexibility index (Phi) is 6.50. The average molecular weight is 615 g/mol. The van der Waals surface area contributed by atoms with Crippen LogP contribution in [0.15, 0.2) is 127 Å². The van der Waals surface area contributed by atoms with Crippen molar-refractivity contribution in [3.8, 4) is 22.3 Å². The summed E-state index contributed by atoms with van der Waals surface area (Å²) in [6.45, 7) is 11.5. The fraction of sp³-hybridized carbons (Fsp3) is 0.182. The summed E-state index contributed by atoms with van der Waals surface area (Å²) in [4.78, 5) is 4.52. The van der Waals surface area contributed by atoms with Gasteiger partial charge in [-0.25, -0.2) is 4.39 Å². The maximum absolute atomic E-state index is 13.6. The third-order valence-corrected chi connectivity index (χ3v) is 10.6. The zero-order valence-corrected chi connectivity index (χ0v) is 27.9. The highest BCUT2D eigenvalue weighted by molar-refractivity contribution is 5.89. The maximum Gasteiger partial charge on any atom is 0.123 e. The third-order valence-electron chi connectivity index (χ3n) is 10.6. The van der Waals surface area contributed by atoms with Crippen LogP contribution in [0.5, 0.6) is 0 Å². The van der Waals surface area contributed by atoms with E-state index >= 15 is 0 Å². The molecule has 0 spiro atoms. The average Bonchev–Trinajstić information content (AvgIpc) is 3.43. The van der Waals surface area contributed by atoms with Crippen molar-refractivity contribution in [3.05, 3.63) is 161 Å². The molecule has 0 saturated carbocycles. The lowest BCUT2D eigenvalue weighted by Crippen LogP contribution is -2.18. The van der Waals surface area contributed by atoms with Gasteiger partial charge in [-0.05, 0) is 124 Å². The molecule has 232 valence electrons. The van der Waals surface area contributed by atoms with Gasteiger partial charge < -0.3 is 9.80 Å². The van der Waals surface area contributed by atoms with Crippen LogP contribution in [0.4, 0.5) is 32.8 Å². The lowest BCUT2D eigenvalue weighted by molar-refractivity contribution is 0.628. The molecule has 0 amide bonds. The van der Waals surface area contributed by atoms with Gasteiger partial charge in [-0.1, -0.05) is 87.9 Å². The number of hydrogen-bond acceptors (Lipinski definition) is 2. The summed E-state index contributed by atoms with van der Waals surface area (Å²) in [5.74, 6) is -0.225. The molecule has 2 aliphatic rings. The van der Waals surface area contributed by atoms with E-state index in [1.165, 1.54) is 62.2 Å². The van der Waals surface area contributed by atoms with Gasteiger partial charge in [-0.2, -0.15) is 0 Å². The summed E-state index contributed by atoms with van der Waals surface area (Å²) in [5, 5.41) is 0. The van der Waals surface area contributed by atoms with E-state index in [1.807, 2.05) is 19.2 Å². The minimum absolute atomic E-state index is 0.0879. The summed E-state index contributed by atoms with van der Waals surface area (Å²) in [7, 11) is 2.04. The van der Waals surface area contributed by atoms with Gasteiger partial charge in [0.2, 0.25) is 0 Å². The first kappa shape index (κ1) is 29.3. The van der Waals surface area contributed by atoms with E-state index in [9.17, 15) is 4.39 Å². The quantitative estimate of drug-likeness (QED) is 0.191. The van der Waals surface area contributed by atoms with Crippen molar-refractivity contribution in [2.75, 3.05) is 16.8 Å². The van der Waals surface area contributed by atoms with Crippen LogP contribution >= 0.6 is 0 Å². The van der Waals surface area contributed by atoms with Gasteiger partial charge in [0, 0.05) is 46.3 Å². The molecule has 6 aromatic rings. The SMILES string of the molecule is Cc1ccc2c(c1)C(C)(C)c1cc(N(c3ccccc3)c3ccc4c(c3)C(C)(C)c3cc(N(C)c5ccc(F)cc5)ccc3-4)ccc1-2. The molecule has 47 heavy (non-hydrogen) atoms. The van der Waals surface area contributed by atoms with Crippen LogP contribution in [0.2, 0.25) is 0 Å². The lowest BCUT2D eigenvalue weighted by atomic mass is 9.81. The molecule has 0 radical (unpaired) electrons. The molecule has 8 rings (SSSR count). The van der Waals surface area contributed by atoms with Crippen molar-refractivity contribution in [2.24, 2.45) is 0 Å². The molecule has 0 bridgehead atoms. The van der Waals surface area contributed by atoms with E-state index < -0.39 is 0 Å². The van der Waals surface area contributed by atoms with Gasteiger partial charge in [-0.3, -0.25) is 0 Å². The van der Waals surface area contributed by atoms with Crippen LogP contribution in [0.3, 0.4) is 0 Å².